The molecule has 1 spiro atoms. The van der Waals surface area contributed by atoms with Crippen molar-refractivity contribution in [2.45, 2.75) is 5.41 Å². The van der Waals surface area contributed by atoms with E-state index in [1.54, 1.807) is 0 Å². The van der Waals surface area contributed by atoms with E-state index in [2.05, 4.69) is 290 Å². The normalized spacial score (nSPS) is 12.8. The van der Waals surface area contributed by atoms with Crippen LogP contribution in [0.1, 0.15) is 22.3 Å². The largest absolute Gasteiger partial charge is 0.310 e. The van der Waals surface area contributed by atoms with Crippen LogP contribution in [0.15, 0.2) is 285 Å². The summed E-state index contributed by atoms with van der Waals surface area (Å²) in [5, 5.41) is 7.51. The Labute approximate surface area is 451 Å². The molecule has 1 aromatic heterocycles. The van der Waals surface area contributed by atoms with Crippen molar-refractivity contribution in [3.05, 3.63) is 307 Å². The number of nitrogens with zero attached hydrogens (tertiary/aromatic N) is 1. The summed E-state index contributed by atoms with van der Waals surface area (Å²) in [6, 6.07) is 106. The van der Waals surface area contributed by atoms with Gasteiger partial charge in [0.05, 0.1) is 11.1 Å². The van der Waals surface area contributed by atoms with Gasteiger partial charge in [-0.25, -0.2) is 0 Å². The first-order valence-corrected chi connectivity index (χ1v) is 27.5. The van der Waals surface area contributed by atoms with Gasteiger partial charge in [-0.3, -0.25) is 0 Å². The van der Waals surface area contributed by atoms with Gasteiger partial charge in [-0.1, -0.05) is 231 Å². The zero-order valence-electron chi connectivity index (χ0n) is 42.0. The Kier molecular flexibility index (Phi) is 9.79. The van der Waals surface area contributed by atoms with Crippen molar-refractivity contribution in [2.75, 3.05) is 4.90 Å². The van der Waals surface area contributed by atoms with Crippen molar-refractivity contribution >= 4 is 70.1 Å². The summed E-state index contributed by atoms with van der Waals surface area (Å²) in [5.41, 5.74) is 23.2. The minimum Gasteiger partial charge on any atom is -0.310 e. The quantitative estimate of drug-likeness (QED) is 0.154. The predicted octanol–water partition coefficient (Wildman–Crippen LogP) is 20.8. The van der Waals surface area contributed by atoms with Gasteiger partial charge in [0.25, 0.3) is 0 Å². The lowest BCUT2D eigenvalue weighted by Crippen LogP contribution is -2.25. The molecule has 2 heteroatoms. The van der Waals surface area contributed by atoms with Crippen molar-refractivity contribution in [3.63, 3.8) is 0 Å². The molecule has 2 aliphatic carbocycles. The lowest BCUT2D eigenvalue weighted by atomic mass is 9.70. The van der Waals surface area contributed by atoms with E-state index in [0.717, 1.165) is 17.1 Å². The van der Waals surface area contributed by atoms with Crippen molar-refractivity contribution in [1.29, 1.82) is 0 Å². The molecular formula is C75H47NS. The van der Waals surface area contributed by atoms with Gasteiger partial charge in [0.15, 0.2) is 0 Å². The highest BCUT2D eigenvalue weighted by Gasteiger charge is 2.51. The van der Waals surface area contributed by atoms with Crippen molar-refractivity contribution < 1.29 is 0 Å². The minimum atomic E-state index is -0.424. The number of fused-ring (bicyclic) bond motifs is 15. The van der Waals surface area contributed by atoms with Crippen LogP contribution in [0.25, 0.3) is 108 Å². The maximum atomic E-state index is 2.50. The molecule has 358 valence electrons. The zero-order valence-corrected chi connectivity index (χ0v) is 42.8. The molecule has 0 saturated carbocycles. The maximum absolute atomic E-state index is 2.50. The molecule has 16 rings (SSSR count). The highest BCUT2D eigenvalue weighted by molar-refractivity contribution is 7.26. The number of anilines is 3. The highest BCUT2D eigenvalue weighted by atomic mass is 32.1. The second-order valence-corrected chi connectivity index (χ2v) is 21.7. The van der Waals surface area contributed by atoms with E-state index in [9.17, 15) is 0 Å². The fourth-order valence-electron chi connectivity index (χ4n) is 13.2. The zero-order chi connectivity index (χ0) is 50.6. The van der Waals surface area contributed by atoms with E-state index < -0.39 is 5.41 Å². The smallest absolute Gasteiger partial charge is 0.0725 e. The number of hydrogen-bond donors (Lipinski definition) is 0. The first kappa shape index (κ1) is 43.8. The van der Waals surface area contributed by atoms with Crippen LogP contribution in [0, 0.1) is 0 Å². The van der Waals surface area contributed by atoms with Gasteiger partial charge in [0.2, 0.25) is 0 Å². The Balaban J connectivity index is 0.877. The standard InChI is InChI=1S/C75H47NS/c1-2-18-51-45-55(35-34-48(51)16-1)53-21-13-20-52(44-53)49-36-39-57(40-37-49)76(71-43-42-65(60-29-15-19-50-17-3-4-24-59(50)60)74-73(71)66-28-8-12-33-72(66)77-74)58-23-14-22-54(46-58)56-38-41-64-63-27-7-11-32-69(63)75(70(64)47-56)67-30-9-5-25-61(67)62-26-6-10-31-68(62)75/h1-47H. The maximum Gasteiger partial charge on any atom is 0.0725 e. The lowest BCUT2D eigenvalue weighted by molar-refractivity contribution is 0.794. The van der Waals surface area contributed by atoms with Gasteiger partial charge < -0.3 is 4.90 Å². The summed E-state index contributed by atoms with van der Waals surface area (Å²) >= 11 is 1.89. The van der Waals surface area contributed by atoms with Gasteiger partial charge in [-0.15, -0.1) is 11.3 Å². The molecule has 0 atom stereocenters. The van der Waals surface area contributed by atoms with Crippen LogP contribution in [-0.2, 0) is 5.41 Å². The number of thiophene rings is 1. The van der Waals surface area contributed by atoms with E-state index in [0.29, 0.717) is 0 Å². The summed E-state index contributed by atoms with van der Waals surface area (Å²) in [7, 11) is 0. The van der Waals surface area contributed by atoms with Crippen LogP contribution in [-0.4, -0.2) is 0 Å². The Morgan fingerprint density at radius 1 is 0.273 bits per heavy atom. The van der Waals surface area contributed by atoms with Crippen LogP contribution in [0.4, 0.5) is 17.1 Å². The van der Waals surface area contributed by atoms with Gasteiger partial charge in [0.1, 0.15) is 0 Å². The molecule has 0 saturated heterocycles. The van der Waals surface area contributed by atoms with Crippen LogP contribution in [0.2, 0.25) is 0 Å². The van der Waals surface area contributed by atoms with E-state index in [1.807, 2.05) is 11.3 Å². The van der Waals surface area contributed by atoms with Crippen LogP contribution >= 0.6 is 11.3 Å². The molecule has 1 heterocycles. The first-order chi connectivity index (χ1) is 38.2. The second-order valence-electron chi connectivity index (χ2n) is 20.7. The molecule has 14 aromatic rings. The third-order valence-corrected chi connectivity index (χ3v) is 17.9. The number of hydrogen-bond acceptors (Lipinski definition) is 2. The molecule has 0 radical (unpaired) electrons. The van der Waals surface area contributed by atoms with Crippen molar-refractivity contribution in [2.24, 2.45) is 0 Å². The molecule has 0 bridgehead atoms. The summed E-state index contributed by atoms with van der Waals surface area (Å²) in [6.07, 6.45) is 0. The molecule has 77 heavy (non-hydrogen) atoms. The molecule has 2 aliphatic rings. The van der Waals surface area contributed by atoms with Gasteiger partial charge in [-0.05, 0) is 160 Å². The number of rotatable bonds is 7. The molecule has 13 aromatic carbocycles. The highest BCUT2D eigenvalue weighted by Crippen LogP contribution is 2.63. The van der Waals surface area contributed by atoms with Gasteiger partial charge >= 0.3 is 0 Å². The molecule has 0 amide bonds. The topological polar surface area (TPSA) is 3.24 Å². The summed E-state index contributed by atoms with van der Waals surface area (Å²) < 4.78 is 2.55. The average Bonchev–Trinajstić information content (AvgIpc) is 3.93. The Hall–Kier alpha value is -9.60. The minimum absolute atomic E-state index is 0.424. The molecule has 0 unspecified atom stereocenters. The Bertz CT molecular complexity index is 4640. The average molecular weight is 994 g/mol. The van der Waals surface area contributed by atoms with Crippen molar-refractivity contribution in [3.8, 4) is 66.8 Å². The van der Waals surface area contributed by atoms with Gasteiger partial charge in [-0.2, -0.15) is 0 Å². The Morgan fingerprint density at radius 3 is 1.53 bits per heavy atom. The van der Waals surface area contributed by atoms with E-state index in [1.165, 1.54) is 131 Å². The Morgan fingerprint density at radius 2 is 0.779 bits per heavy atom. The molecular weight excluding hydrogens is 947 g/mol. The van der Waals surface area contributed by atoms with Crippen LogP contribution in [0.3, 0.4) is 0 Å². The number of benzene rings is 13. The summed E-state index contributed by atoms with van der Waals surface area (Å²) in [6.45, 7) is 0. The van der Waals surface area contributed by atoms with E-state index in [4.69, 9.17) is 0 Å². The molecule has 0 aliphatic heterocycles. The monoisotopic (exact) mass is 993 g/mol. The summed E-state index contributed by atoms with van der Waals surface area (Å²) in [4.78, 5) is 2.50. The third kappa shape index (κ3) is 6.66. The lowest BCUT2D eigenvalue weighted by Gasteiger charge is -2.31. The summed E-state index contributed by atoms with van der Waals surface area (Å²) in [5.74, 6) is 0. The van der Waals surface area contributed by atoms with Crippen LogP contribution < -0.4 is 4.90 Å². The molecule has 0 fully saturated rings. The van der Waals surface area contributed by atoms with Crippen LogP contribution in [0.5, 0.6) is 0 Å². The first-order valence-electron chi connectivity index (χ1n) is 26.6. The predicted molar refractivity (Wildman–Crippen MR) is 327 cm³/mol. The fourth-order valence-corrected chi connectivity index (χ4v) is 14.5. The van der Waals surface area contributed by atoms with Crippen molar-refractivity contribution in [1.82, 2.24) is 0 Å². The molecule has 1 nitrogen and oxygen atoms in total. The third-order valence-electron chi connectivity index (χ3n) is 16.7. The van der Waals surface area contributed by atoms with Gasteiger partial charge in [0, 0.05) is 37.1 Å². The second kappa shape index (κ2) is 17.2. The fraction of sp³-hybridized carbons (Fsp3) is 0.0133. The van der Waals surface area contributed by atoms with E-state index >= 15 is 0 Å². The van der Waals surface area contributed by atoms with E-state index in [-0.39, 0.29) is 0 Å². The SMILES string of the molecule is c1cc(-c2ccc(N(c3cccc(-c4ccc5c(c4)C4(c6ccccc6-c6ccccc64)c4ccccc4-5)c3)c3ccc(-c4cccc5ccccc45)c4sc5ccccc5c34)cc2)cc(-c2ccc3ccccc3c2)c1. The molecule has 0 N–H and O–H groups in total.